The number of nitrogens with zero attached hydrogens (tertiary/aromatic N) is 1. The lowest BCUT2D eigenvalue weighted by atomic mass is 9.94. The predicted molar refractivity (Wildman–Crippen MR) is 74.1 cm³/mol. The van der Waals surface area contributed by atoms with E-state index < -0.39 is 0 Å². The zero-order chi connectivity index (χ0) is 12.6. The van der Waals surface area contributed by atoms with Crippen LogP contribution in [0.2, 0.25) is 0 Å². The maximum atomic E-state index is 6.21. The van der Waals surface area contributed by atoms with Gasteiger partial charge >= 0.3 is 0 Å². The fraction of sp³-hybridized carbons (Fsp3) is 0.467. The van der Waals surface area contributed by atoms with Crippen molar-refractivity contribution in [3.05, 3.63) is 30.5 Å². The predicted octanol–water partition coefficient (Wildman–Crippen LogP) is 2.70. The highest BCUT2D eigenvalue weighted by atomic mass is 16.5. The van der Waals surface area contributed by atoms with Crippen LogP contribution < -0.4 is 10.1 Å². The van der Waals surface area contributed by atoms with Gasteiger partial charge in [0.05, 0.1) is 0 Å². The van der Waals surface area contributed by atoms with Crippen LogP contribution in [0.3, 0.4) is 0 Å². The number of benzene rings is 1. The van der Waals surface area contributed by atoms with Gasteiger partial charge in [-0.2, -0.15) is 0 Å². The Bertz CT molecular complexity index is 553. The maximum Gasteiger partial charge on any atom is 0.120 e. The molecule has 3 nitrogen and oxygen atoms in total. The highest BCUT2D eigenvalue weighted by Crippen LogP contribution is 2.28. The fourth-order valence-corrected chi connectivity index (χ4v) is 2.67. The van der Waals surface area contributed by atoms with E-state index in [0.29, 0.717) is 0 Å². The van der Waals surface area contributed by atoms with E-state index in [9.17, 15) is 0 Å². The third-order valence-electron chi connectivity index (χ3n) is 3.88. The van der Waals surface area contributed by atoms with E-state index in [4.69, 9.17) is 4.74 Å². The van der Waals surface area contributed by atoms with Crippen molar-refractivity contribution >= 4 is 10.9 Å². The lowest BCUT2D eigenvalue weighted by Gasteiger charge is -2.34. The van der Waals surface area contributed by atoms with E-state index in [1.54, 1.807) is 0 Å². The molecule has 0 bridgehead atoms. The normalized spacial score (nSPS) is 19.0. The summed E-state index contributed by atoms with van der Waals surface area (Å²) in [6.07, 6.45) is 4.22. The van der Waals surface area contributed by atoms with Gasteiger partial charge in [0.1, 0.15) is 11.4 Å². The monoisotopic (exact) mass is 244 g/mol. The van der Waals surface area contributed by atoms with Gasteiger partial charge in [-0.05, 0) is 57.1 Å². The number of nitrogens with one attached hydrogen (secondary N) is 1. The van der Waals surface area contributed by atoms with Crippen molar-refractivity contribution in [2.24, 2.45) is 7.05 Å². The molecule has 2 heterocycles. The first-order chi connectivity index (χ1) is 8.66. The summed E-state index contributed by atoms with van der Waals surface area (Å²) in [5.74, 6) is 0.984. The molecule has 3 heteroatoms. The average Bonchev–Trinajstić information content (AvgIpc) is 2.71. The summed E-state index contributed by atoms with van der Waals surface area (Å²) >= 11 is 0. The minimum atomic E-state index is -0.0201. The van der Waals surface area contributed by atoms with Crippen LogP contribution in [0.4, 0.5) is 0 Å². The molecule has 1 N–H and O–H groups in total. The van der Waals surface area contributed by atoms with Gasteiger partial charge in [-0.1, -0.05) is 0 Å². The van der Waals surface area contributed by atoms with Crippen LogP contribution in [0, 0.1) is 0 Å². The van der Waals surface area contributed by atoms with Gasteiger partial charge in [0.2, 0.25) is 0 Å². The summed E-state index contributed by atoms with van der Waals surface area (Å²) in [7, 11) is 2.07. The van der Waals surface area contributed by atoms with Gasteiger partial charge in [0, 0.05) is 24.1 Å². The number of rotatable bonds is 2. The lowest BCUT2D eigenvalue weighted by molar-refractivity contribution is 0.0557. The molecule has 0 unspecified atom stereocenters. The summed E-state index contributed by atoms with van der Waals surface area (Å²) in [6.45, 7) is 4.30. The summed E-state index contributed by atoms with van der Waals surface area (Å²) in [5, 5.41) is 4.62. The van der Waals surface area contributed by atoms with Crippen molar-refractivity contribution in [2.75, 3.05) is 13.1 Å². The van der Waals surface area contributed by atoms with Crippen LogP contribution >= 0.6 is 0 Å². The Hall–Kier alpha value is -1.48. The minimum Gasteiger partial charge on any atom is -0.487 e. The summed E-state index contributed by atoms with van der Waals surface area (Å²) in [5.41, 5.74) is 1.23. The molecule has 1 saturated heterocycles. The molecular formula is C15H20N2O. The number of hydrogen-bond acceptors (Lipinski definition) is 2. The van der Waals surface area contributed by atoms with Gasteiger partial charge in [-0.25, -0.2) is 0 Å². The average molecular weight is 244 g/mol. The standard InChI is InChI=1S/C15H20N2O/c1-15(6-8-16-9-7-15)18-13-3-4-14-12(11-13)5-10-17(14)2/h3-5,10-11,16H,6-9H2,1-2H3. The second kappa shape index (κ2) is 4.32. The SMILES string of the molecule is Cn1ccc2cc(OC3(C)CCNCC3)ccc21. The number of hydrogen-bond donors (Lipinski definition) is 1. The van der Waals surface area contributed by atoms with Gasteiger partial charge in [0.25, 0.3) is 0 Å². The summed E-state index contributed by atoms with van der Waals surface area (Å²) in [4.78, 5) is 0. The molecule has 0 aliphatic carbocycles. The van der Waals surface area contributed by atoms with E-state index >= 15 is 0 Å². The molecule has 0 atom stereocenters. The van der Waals surface area contributed by atoms with E-state index in [1.807, 2.05) is 0 Å². The second-order valence-electron chi connectivity index (χ2n) is 5.45. The molecule has 2 aromatic rings. The number of fused-ring (bicyclic) bond motifs is 1. The number of aromatic nitrogens is 1. The van der Waals surface area contributed by atoms with Crippen molar-refractivity contribution in [3.8, 4) is 5.75 Å². The van der Waals surface area contributed by atoms with E-state index in [1.165, 1.54) is 10.9 Å². The first-order valence-electron chi connectivity index (χ1n) is 6.61. The van der Waals surface area contributed by atoms with Crippen LogP contribution in [-0.2, 0) is 7.05 Å². The topological polar surface area (TPSA) is 26.2 Å². The number of ether oxygens (including phenoxy) is 1. The molecule has 0 amide bonds. The molecule has 96 valence electrons. The van der Waals surface area contributed by atoms with Crippen molar-refractivity contribution in [1.82, 2.24) is 9.88 Å². The first kappa shape index (κ1) is 11.6. The molecule has 0 radical (unpaired) electrons. The zero-order valence-electron chi connectivity index (χ0n) is 11.1. The highest BCUT2D eigenvalue weighted by molar-refractivity contribution is 5.81. The quantitative estimate of drug-likeness (QED) is 0.879. The van der Waals surface area contributed by atoms with Crippen LogP contribution in [0.15, 0.2) is 30.5 Å². The van der Waals surface area contributed by atoms with E-state index in [0.717, 1.165) is 31.7 Å². The molecule has 1 aromatic heterocycles. The Kier molecular flexibility index (Phi) is 2.78. The molecule has 1 aliphatic heterocycles. The zero-order valence-corrected chi connectivity index (χ0v) is 11.1. The van der Waals surface area contributed by atoms with Gasteiger partial charge in [-0.15, -0.1) is 0 Å². The highest BCUT2D eigenvalue weighted by Gasteiger charge is 2.28. The van der Waals surface area contributed by atoms with Crippen LogP contribution in [0.1, 0.15) is 19.8 Å². The van der Waals surface area contributed by atoms with Crippen molar-refractivity contribution in [1.29, 1.82) is 0 Å². The Morgan fingerprint density at radius 3 is 2.78 bits per heavy atom. The first-order valence-corrected chi connectivity index (χ1v) is 6.61. The van der Waals surface area contributed by atoms with Gasteiger partial charge in [-0.3, -0.25) is 0 Å². The van der Waals surface area contributed by atoms with Crippen molar-refractivity contribution in [2.45, 2.75) is 25.4 Å². The molecular weight excluding hydrogens is 224 g/mol. The van der Waals surface area contributed by atoms with Crippen LogP contribution in [0.25, 0.3) is 10.9 Å². The molecule has 0 saturated carbocycles. The summed E-state index contributed by atoms with van der Waals surface area (Å²) in [6, 6.07) is 8.49. The largest absolute Gasteiger partial charge is 0.487 e. The van der Waals surface area contributed by atoms with Gasteiger partial charge < -0.3 is 14.6 Å². The Labute approximate surface area is 108 Å². The minimum absolute atomic E-state index is 0.0201. The van der Waals surface area contributed by atoms with E-state index in [-0.39, 0.29) is 5.60 Å². The van der Waals surface area contributed by atoms with Gasteiger partial charge in [0.15, 0.2) is 0 Å². The third-order valence-corrected chi connectivity index (χ3v) is 3.88. The molecule has 1 aliphatic rings. The number of piperidine rings is 1. The van der Waals surface area contributed by atoms with Crippen molar-refractivity contribution in [3.63, 3.8) is 0 Å². The fourth-order valence-electron chi connectivity index (χ4n) is 2.67. The second-order valence-corrected chi connectivity index (χ2v) is 5.45. The molecule has 3 rings (SSSR count). The van der Waals surface area contributed by atoms with E-state index in [2.05, 4.69) is 54.3 Å². The Balaban J connectivity index is 1.85. The maximum absolute atomic E-state index is 6.21. The molecule has 18 heavy (non-hydrogen) atoms. The Morgan fingerprint density at radius 1 is 1.22 bits per heavy atom. The third kappa shape index (κ3) is 2.10. The van der Waals surface area contributed by atoms with Crippen molar-refractivity contribution < 1.29 is 4.74 Å². The molecule has 1 aromatic carbocycles. The number of aryl methyl sites for hydroxylation is 1. The summed E-state index contributed by atoms with van der Waals surface area (Å²) < 4.78 is 8.34. The van der Waals surface area contributed by atoms with Crippen LogP contribution in [0.5, 0.6) is 5.75 Å². The lowest BCUT2D eigenvalue weighted by Crippen LogP contribution is -2.43. The molecule has 1 fully saturated rings. The Morgan fingerprint density at radius 2 is 2.00 bits per heavy atom. The molecule has 0 spiro atoms. The van der Waals surface area contributed by atoms with Crippen LogP contribution in [-0.4, -0.2) is 23.3 Å². The smallest absolute Gasteiger partial charge is 0.120 e.